The standard InChI is InChI=1S/C84H164O17P2/c1-7-10-12-14-16-18-20-22-31-37-44-50-56-62-68-83(88)100-79(72-94-81(86)66-60-54-48-42-36-29-21-19-17-15-13-11-8-2)74-98-102(90,91)96-70-78(85)71-97-103(92,93)99-75-80(73-95-82(87)67-61-55-49-43-39-33-34-40-46-52-58-64-76(4)5)101-84(89)69-63-57-51-45-38-32-28-26-24-23-25-27-30-35-41-47-53-59-65-77(6)9-3/h76-80,85H,7-75H2,1-6H3,(H,90,91)(H,92,93)/t77?,78-,79+,80+/m0/s1. The van der Waals surface area contributed by atoms with Crippen LogP contribution in [-0.2, 0) is 65.4 Å². The molecule has 0 saturated carbocycles. The van der Waals surface area contributed by atoms with E-state index in [4.69, 9.17) is 37.0 Å². The lowest BCUT2D eigenvalue weighted by molar-refractivity contribution is -0.161. The molecule has 0 bridgehead atoms. The average molecular weight is 1510 g/mol. The summed E-state index contributed by atoms with van der Waals surface area (Å²) in [6.45, 7) is 9.73. The molecule has 0 aromatic carbocycles. The zero-order valence-electron chi connectivity index (χ0n) is 67.6. The van der Waals surface area contributed by atoms with Crippen molar-refractivity contribution in [1.82, 2.24) is 0 Å². The number of esters is 4. The highest BCUT2D eigenvalue weighted by Crippen LogP contribution is 2.45. The van der Waals surface area contributed by atoms with Crippen molar-refractivity contribution in [2.24, 2.45) is 11.8 Å². The topological polar surface area (TPSA) is 237 Å². The molecule has 19 heteroatoms. The van der Waals surface area contributed by atoms with Crippen molar-refractivity contribution in [3.63, 3.8) is 0 Å². The molecule has 0 aromatic heterocycles. The van der Waals surface area contributed by atoms with Crippen molar-refractivity contribution in [3.8, 4) is 0 Å². The van der Waals surface area contributed by atoms with Crippen LogP contribution in [-0.4, -0.2) is 96.7 Å². The van der Waals surface area contributed by atoms with E-state index in [1.807, 2.05) is 0 Å². The number of unbranched alkanes of at least 4 members (excludes halogenated alkanes) is 52. The van der Waals surface area contributed by atoms with Gasteiger partial charge in [-0.15, -0.1) is 0 Å². The van der Waals surface area contributed by atoms with Gasteiger partial charge in [0.25, 0.3) is 0 Å². The first-order valence-electron chi connectivity index (χ1n) is 43.5. The van der Waals surface area contributed by atoms with E-state index in [1.54, 1.807) is 0 Å². The molecule has 0 radical (unpaired) electrons. The lowest BCUT2D eigenvalue weighted by Gasteiger charge is -2.21. The Labute approximate surface area is 632 Å². The van der Waals surface area contributed by atoms with Crippen LogP contribution in [0.25, 0.3) is 0 Å². The lowest BCUT2D eigenvalue weighted by atomic mass is 9.99. The minimum absolute atomic E-state index is 0.109. The van der Waals surface area contributed by atoms with Crippen LogP contribution in [0.4, 0.5) is 0 Å². The third-order valence-electron chi connectivity index (χ3n) is 20.1. The largest absolute Gasteiger partial charge is 0.472 e. The Kier molecular flexibility index (Phi) is 74.1. The minimum Gasteiger partial charge on any atom is -0.462 e. The van der Waals surface area contributed by atoms with E-state index in [0.717, 1.165) is 102 Å². The molecule has 6 atom stereocenters. The van der Waals surface area contributed by atoms with Gasteiger partial charge in [0.1, 0.15) is 19.3 Å². The maximum absolute atomic E-state index is 13.1. The second-order valence-electron chi connectivity index (χ2n) is 30.9. The van der Waals surface area contributed by atoms with E-state index in [2.05, 4.69) is 41.5 Å². The lowest BCUT2D eigenvalue weighted by Crippen LogP contribution is -2.30. The van der Waals surface area contributed by atoms with Gasteiger partial charge in [0.05, 0.1) is 26.4 Å². The highest BCUT2D eigenvalue weighted by Gasteiger charge is 2.30. The average Bonchev–Trinajstić information content (AvgIpc) is 0.921. The molecule has 103 heavy (non-hydrogen) atoms. The van der Waals surface area contributed by atoms with Gasteiger partial charge < -0.3 is 33.8 Å². The summed E-state index contributed by atoms with van der Waals surface area (Å²) in [6, 6.07) is 0. The number of carbonyl (C=O) groups is 4. The highest BCUT2D eigenvalue weighted by molar-refractivity contribution is 7.47. The van der Waals surface area contributed by atoms with Gasteiger partial charge in [0.15, 0.2) is 12.2 Å². The summed E-state index contributed by atoms with van der Waals surface area (Å²) in [5.74, 6) is -0.460. The number of phosphoric ester groups is 2. The number of rotatable bonds is 83. The molecule has 3 unspecified atom stereocenters. The summed E-state index contributed by atoms with van der Waals surface area (Å²) in [5, 5.41) is 10.7. The molecular formula is C84H164O17P2. The van der Waals surface area contributed by atoms with E-state index in [-0.39, 0.29) is 25.7 Å². The summed E-state index contributed by atoms with van der Waals surface area (Å²) < 4.78 is 68.8. The third-order valence-corrected chi connectivity index (χ3v) is 22.0. The number of aliphatic hydroxyl groups is 1. The van der Waals surface area contributed by atoms with Crippen molar-refractivity contribution < 1.29 is 80.2 Å². The number of carbonyl (C=O) groups excluding carboxylic acids is 4. The van der Waals surface area contributed by atoms with E-state index in [9.17, 15) is 43.2 Å². The fraction of sp³-hybridized carbons (Fsp3) is 0.952. The smallest absolute Gasteiger partial charge is 0.462 e. The number of phosphoric acid groups is 2. The fourth-order valence-corrected chi connectivity index (χ4v) is 14.6. The fourth-order valence-electron chi connectivity index (χ4n) is 13.0. The number of hydrogen-bond acceptors (Lipinski definition) is 15. The number of hydrogen-bond donors (Lipinski definition) is 3. The van der Waals surface area contributed by atoms with Gasteiger partial charge >= 0.3 is 39.5 Å². The van der Waals surface area contributed by atoms with Gasteiger partial charge in [-0.05, 0) is 37.5 Å². The Morgan fingerprint density at radius 1 is 0.282 bits per heavy atom. The van der Waals surface area contributed by atoms with Crippen molar-refractivity contribution in [2.45, 2.75) is 464 Å². The molecular weight excluding hydrogens is 1340 g/mol. The third kappa shape index (κ3) is 76.6. The van der Waals surface area contributed by atoms with E-state index < -0.39 is 97.5 Å². The second kappa shape index (κ2) is 75.5. The SMILES string of the molecule is CCCCCCCCCCCCCCCCC(=O)O[C@H](COC(=O)CCCCCCCCCCCCCCC)COP(=O)(O)OC[C@H](O)COP(=O)(O)OC[C@@H](COC(=O)CCCCCCCCCCCCCC(C)C)OC(=O)CCCCCCCCCCCCCCCCCCCCC(C)CC. The molecule has 0 aliphatic rings. The molecule has 0 aromatic rings. The molecule has 0 amide bonds. The summed E-state index contributed by atoms with van der Waals surface area (Å²) in [7, 11) is -9.92. The predicted molar refractivity (Wildman–Crippen MR) is 423 cm³/mol. The molecule has 3 N–H and O–H groups in total. The van der Waals surface area contributed by atoms with Gasteiger partial charge in [0.2, 0.25) is 0 Å². The van der Waals surface area contributed by atoms with Gasteiger partial charge in [-0.25, -0.2) is 9.13 Å². The molecule has 0 saturated heterocycles. The molecule has 17 nitrogen and oxygen atoms in total. The molecule has 0 spiro atoms. The molecule has 0 heterocycles. The van der Waals surface area contributed by atoms with Gasteiger partial charge in [0, 0.05) is 25.7 Å². The van der Waals surface area contributed by atoms with Crippen molar-refractivity contribution in [2.75, 3.05) is 39.6 Å². The van der Waals surface area contributed by atoms with Gasteiger partial charge in [-0.2, -0.15) is 0 Å². The van der Waals surface area contributed by atoms with Crippen LogP contribution in [0.15, 0.2) is 0 Å². The summed E-state index contributed by atoms with van der Waals surface area (Å²) in [5.41, 5.74) is 0. The normalized spacial score (nSPS) is 14.1. The second-order valence-corrected chi connectivity index (χ2v) is 33.8. The first-order valence-corrected chi connectivity index (χ1v) is 46.5. The quantitative estimate of drug-likeness (QED) is 0.0222. The Hall–Kier alpha value is -1.94. The van der Waals surface area contributed by atoms with Crippen molar-refractivity contribution >= 4 is 39.5 Å². The Morgan fingerprint density at radius 2 is 0.495 bits per heavy atom. The van der Waals surface area contributed by atoms with E-state index in [1.165, 1.54) is 263 Å². The molecule has 0 aliphatic carbocycles. The van der Waals surface area contributed by atoms with Crippen LogP contribution in [0.1, 0.15) is 446 Å². The molecule has 0 aliphatic heterocycles. The summed E-state index contributed by atoms with van der Waals surface area (Å²) in [4.78, 5) is 73.2. The zero-order chi connectivity index (χ0) is 75.6. The van der Waals surface area contributed by atoms with Crippen LogP contribution in [0.2, 0.25) is 0 Å². The van der Waals surface area contributed by atoms with Crippen molar-refractivity contribution in [1.29, 1.82) is 0 Å². The van der Waals surface area contributed by atoms with Crippen LogP contribution in [0.3, 0.4) is 0 Å². The monoisotopic (exact) mass is 1510 g/mol. The highest BCUT2D eigenvalue weighted by atomic mass is 31.2. The first-order chi connectivity index (χ1) is 49.9. The van der Waals surface area contributed by atoms with E-state index >= 15 is 0 Å². The molecule has 0 rings (SSSR count). The Morgan fingerprint density at radius 3 is 0.738 bits per heavy atom. The Balaban J connectivity index is 5.23. The van der Waals surface area contributed by atoms with Crippen LogP contribution >= 0.6 is 15.6 Å². The van der Waals surface area contributed by atoms with Crippen LogP contribution < -0.4 is 0 Å². The van der Waals surface area contributed by atoms with Crippen molar-refractivity contribution in [3.05, 3.63) is 0 Å². The van der Waals surface area contributed by atoms with Gasteiger partial charge in [-0.3, -0.25) is 37.3 Å². The first kappa shape index (κ1) is 101. The minimum atomic E-state index is -4.96. The summed E-state index contributed by atoms with van der Waals surface area (Å²) >= 11 is 0. The number of ether oxygens (including phenoxy) is 4. The van der Waals surface area contributed by atoms with E-state index in [0.29, 0.717) is 25.7 Å². The van der Waals surface area contributed by atoms with Gasteiger partial charge in [-0.1, -0.05) is 395 Å². The predicted octanol–water partition coefficient (Wildman–Crippen LogP) is 25.5. The molecule has 612 valence electrons. The van der Waals surface area contributed by atoms with Crippen LogP contribution in [0.5, 0.6) is 0 Å². The maximum Gasteiger partial charge on any atom is 0.472 e. The summed E-state index contributed by atoms with van der Waals surface area (Å²) in [6.07, 6.45) is 66.4. The van der Waals surface area contributed by atoms with Crippen LogP contribution in [0, 0.1) is 11.8 Å². The molecule has 0 fully saturated rings. The maximum atomic E-state index is 13.1. The Bertz CT molecular complexity index is 1980. The zero-order valence-corrected chi connectivity index (χ0v) is 69.4. The number of aliphatic hydroxyl groups excluding tert-OH is 1.